The van der Waals surface area contributed by atoms with E-state index >= 15 is 0 Å². The van der Waals surface area contributed by atoms with Crippen molar-refractivity contribution in [3.63, 3.8) is 0 Å². The summed E-state index contributed by atoms with van der Waals surface area (Å²) in [5.41, 5.74) is 0.802. The average molecular weight is 499 g/mol. The molecule has 0 saturated heterocycles. The Labute approximate surface area is 183 Å². The van der Waals surface area contributed by atoms with E-state index in [0.29, 0.717) is 0 Å². The van der Waals surface area contributed by atoms with Gasteiger partial charge in [-0.25, -0.2) is 4.68 Å². The maximum Gasteiger partial charge on any atom is 0.410 e. The average Bonchev–Trinajstić information content (AvgIpc) is 3.36. The number of rotatable bonds is 4. The summed E-state index contributed by atoms with van der Waals surface area (Å²) in [7, 11) is 0. The summed E-state index contributed by atoms with van der Waals surface area (Å²) in [6.07, 6.45) is -4.70. The van der Waals surface area contributed by atoms with Gasteiger partial charge in [0, 0.05) is 11.3 Å². The van der Waals surface area contributed by atoms with E-state index in [0.717, 1.165) is 15.1 Å². The molecule has 158 valence electrons. The Bertz CT molecular complexity index is 1040. The molecular formula is C20H18BrF3N4OS. The second-order valence-electron chi connectivity index (χ2n) is 7.07. The summed E-state index contributed by atoms with van der Waals surface area (Å²) in [5.74, 6) is -0.394. The summed E-state index contributed by atoms with van der Waals surface area (Å²) in [4.78, 5) is 13.6. The molecule has 0 saturated carbocycles. The molecule has 1 aliphatic heterocycles. The topological polar surface area (TPSA) is 59.0 Å². The fourth-order valence-corrected chi connectivity index (χ4v) is 4.85. The van der Waals surface area contributed by atoms with E-state index in [9.17, 15) is 18.0 Å². The Morgan fingerprint density at radius 2 is 2.03 bits per heavy atom. The number of hydrogen-bond donors (Lipinski definition) is 2. The Balaban J connectivity index is 1.65. The molecule has 2 aromatic heterocycles. The third-order valence-electron chi connectivity index (χ3n) is 5.04. The zero-order chi connectivity index (χ0) is 21.5. The maximum atomic E-state index is 13.8. The molecule has 1 aliphatic rings. The number of halogens is 4. The largest absolute Gasteiger partial charge is 0.410 e. The van der Waals surface area contributed by atoms with Crippen molar-refractivity contribution in [2.45, 2.75) is 37.6 Å². The van der Waals surface area contributed by atoms with Crippen molar-refractivity contribution < 1.29 is 18.0 Å². The zero-order valence-electron chi connectivity index (χ0n) is 15.8. The molecule has 3 aromatic rings. The van der Waals surface area contributed by atoms with Gasteiger partial charge >= 0.3 is 6.18 Å². The molecule has 2 N–H and O–H groups in total. The number of alkyl halides is 3. The number of amides is 1. The van der Waals surface area contributed by atoms with Gasteiger partial charge in [-0.1, -0.05) is 36.4 Å². The van der Waals surface area contributed by atoms with Crippen LogP contribution in [0.2, 0.25) is 0 Å². The molecule has 3 heterocycles. The molecule has 0 unspecified atom stereocenters. The predicted molar refractivity (Wildman–Crippen MR) is 113 cm³/mol. The van der Waals surface area contributed by atoms with Gasteiger partial charge in [-0.2, -0.15) is 18.3 Å². The van der Waals surface area contributed by atoms with Crippen molar-refractivity contribution in [3.8, 4) is 0 Å². The minimum absolute atomic E-state index is 0.0821. The Hall–Kier alpha value is -2.33. The van der Waals surface area contributed by atoms with Crippen LogP contribution in [0.15, 0.2) is 52.3 Å². The number of thiophene rings is 1. The zero-order valence-corrected chi connectivity index (χ0v) is 18.2. The highest BCUT2D eigenvalue weighted by molar-refractivity contribution is 9.10. The summed E-state index contributed by atoms with van der Waals surface area (Å²) >= 11 is 4.69. The lowest BCUT2D eigenvalue weighted by atomic mass is 10.0. The van der Waals surface area contributed by atoms with Gasteiger partial charge in [0.25, 0.3) is 5.91 Å². The molecule has 0 radical (unpaired) electrons. The molecule has 0 fully saturated rings. The van der Waals surface area contributed by atoms with Crippen molar-refractivity contribution in [1.29, 1.82) is 0 Å². The van der Waals surface area contributed by atoms with Gasteiger partial charge in [0.05, 0.1) is 16.6 Å². The number of carbonyl (C=O) groups is 1. The van der Waals surface area contributed by atoms with Gasteiger partial charge in [-0.05, 0) is 39.9 Å². The van der Waals surface area contributed by atoms with Crippen LogP contribution in [0.3, 0.4) is 0 Å². The number of fused-ring (bicyclic) bond motifs is 1. The molecule has 10 heteroatoms. The van der Waals surface area contributed by atoms with Gasteiger partial charge in [0.2, 0.25) is 0 Å². The summed E-state index contributed by atoms with van der Waals surface area (Å²) in [5, 5.41) is 11.8. The van der Waals surface area contributed by atoms with Crippen LogP contribution < -0.4 is 10.6 Å². The van der Waals surface area contributed by atoms with Crippen molar-refractivity contribution >= 4 is 39.0 Å². The molecular weight excluding hydrogens is 481 g/mol. The Kier molecular flexibility index (Phi) is 5.63. The lowest BCUT2D eigenvalue weighted by Gasteiger charge is -2.33. The monoisotopic (exact) mass is 498 g/mol. The first-order valence-electron chi connectivity index (χ1n) is 9.26. The van der Waals surface area contributed by atoms with Crippen LogP contribution in [0.5, 0.6) is 0 Å². The number of carbonyl (C=O) groups excluding carboxylic acids is 1. The van der Waals surface area contributed by atoms with Crippen LogP contribution in [0, 0.1) is 0 Å². The second-order valence-corrected chi connectivity index (χ2v) is 8.84. The summed E-state index contributed by atoms with van der Waals surface area (Å²) in [6, 6.07) is 10.2. The number of benzene rings is 1. The van der Waals surface area contributed by atoms with Gasteiger partial charge in [-0.3, -0.25) is 4.79 Å². The molecule has 0 spiro atoms. The minimum Gasteiger partial charge on any atom is -0.362 e. The minimum atomic E-state index is -4.50. The quantitative estimate of drug-likeness (QED) is 0.473. The summed E-state index contributed by atoms with van der Waals surface area (Å²) < 4.78 is 42.5. The van der Waals surface area contributed by atoms with Crippen LogP contribution in [-0.2, 0) is 0 Å². The molecule has 3 atom stereocenters. The second kappa shape index (κ2) is 8.07. The standard InChI is InChI=1S/C20H18BrF3N4OS/c1-11(12-6-3-2-4-7-12)25-19(29)17-16(21)18-26-13(14-8-5-9-30-14)10-15(20(22,23)24)28(18)27-17/h2-9,11,13,15,26H,10H2,1H3,(H,25,29)/t11-,13+,15-/m1/s1. The highest BCUT2D eigenvalue weighted by Crippen LogP contribution is 2.46. The van der Waals surface area contributed by atoms with Crippen molar-refractivity contribution in [2.24, 2.45) is 0 Å². The Morgan fingerprint density at radius 1 is 1.30 bits per heavy atom. The van der Waals surface area contributed by atoms with E-state index in [1.54, 1.807) is 19.1 Å². The Morgan fingerprint density at radius 3 is 2.67 bits per heavy atom. The number of aromatic nitrogens is 2. The normalized spacial score (nSPS) is 19.6. The molecule has 5 nitrogen and oxygen atoms in total. The van der Waals surface area contributed by atoms with Gasteiger partial charge in [0.1, 0.15) is 5.82 Å². The molecule has 0 aliphatic carbocycles. The third kappa shape index (κ3) is 3.98. The van der Waals surface area contributed by atoms with Gasteiger partial charge < -0.3 is 10.6 Å². The lowest BCUT2D eigenvalue weighted by molar-refractivity contribution is -0.173. The first kappa shape index (κ1) is 20.9. The smallest absolute Gasteiger partial charge is 0.362 e. The molecule has 4 rings (SSSR count). The summed E-state index contributed by atoms with van der Waals surface area (Å²) in [6.45, 7) is 1.81. The third-order valence-corrected chi connectivity index (χ3v) is 6.78. The molecule has 30 heavy (non-hydrogen) atoms. The molecule has 1 aromatic carbocycles. The number of anilines is 1. The number of nitrogens with zero attached hydrogens (tertiary/aromatic N) is 2. The van der Waals surface area contributed by atoms with Crippen LogP contribution in [0.1, 0.15) is 52.4 Å². The van der Waals surface area contributed by atoms with E-state index < -0.39 is 24.2 Å². The van der Waals surface area contributed by atoms with Gasteiger partial charge in [-0.15, -0.1) is 11.3 Å². The predicted octanol–water partition coefficient (Wildman–Crippen LogP) is 5.86. The first-order chi connectivity index (χ1) is 14.3. The van der Waals surface area contributed by atoms with Crippen molar-refractivity contribution in [3.05, 3.63) is 68.5 Å². The number of hydrogen-bond acceptors (Lipinski definition) is 4. The number of nitrogens with one attached hydrogen (secondary N) is 2. The van der Waals surface area contributed by atoms with Crippen molar-refractivity contribution in [2.75, 3.05) is 5.32 Å². The van der Waals surface area contributed by atoms with Crippen molar-refractivity contribution in [1.82, 2.24) is 15.1 Å². The molecule has 1 amide bonds. The van der Waals surface area contributed by atoms with E-state index in [2.05, 4.69) is 31.7 Å². The molecule has 0 bridgehead atoms. The van der Waals surface area contributed by atoms with E-state index in [-0.39, 0.29) is 28.4 Å². The van der Waals surface area contributed by atoms with Crippen LogP contribution in [0.4, 0.5) is 19.0 Å². The van der Waals surface area contributed by atoms with Crippen LogP contribution >= 0.6 is 27.3 Å². The fraction of sp³-hybridized carbons (Fsp3) is 0.300. The SMILES string of the molecule is C[C@@H](NC(=O)c1nn2c(c1Br)N[C@H](c1cccs1)C[C@@H]2C(F)(F)F)c1ccccc1. The van der Waals surface area contributed by atoms with Crippen LogP contribution in [0.25, 0.3) is 0 Å². The van der Waals surface area contributed by atoms with Crippen LogP contribution in [-0.4, -0.2) is 21.9 Å². The highest BCUT2D eigenvalue weighted by Gasteiger charge is 2.48. The first-order valence-corrected chi connectivity index (χ1v) is 10.9. The highest BCUT2D eigenvalue weighted by atomic mass is 79.9. The lowest BCUT2D eigenvalue weighted by Crippen LogP contribution is -2.35. The van der Waals surface area contributed by atoms with E-state index in [4.69, 9.17) is 0 Å². The van der Waals surface area contributed by atoms with Gasteiger partial charge in [0.15, 0.2) is 11.7 Å². The van der Waals surface area contributed by atoms with E-state index in [1.165, 1.54) is 11.3 Å². The fourth-order valence-electron chi connectivity index (χ4n) is 3.50. The van der Waals surface area contributed by atoms with E-state index in [1.807, 2.05) is 35.7 Å². The maximum absolute atomic E-state index is 13.8.